The first-order chi connectivity index (χ1) is 42.5. The zero-order valence-electron chi connectivity index (χ0n) is 59.5. The third kappa shape index (κ3) is 52.2. The molecule has 0 amide bonds. The Kier molecular flexibility index (Phi) is 66.8. The maximum absolute atomic E-state index is 11.4. The summed E-state index contributed by atoms with van der Waals surface area (Å²) in [7, 11) is 0. The molecule has 2 aromatic rings. The molecule has 0 bridgehead atoms. The van der Waals surface area contributed by atoms with E-state index in [9.17, 15) is 5.53 Å². The zero-order valence-corrected chi connectivity index (χ0v) is 60.4. The zero-order chi connectivity index (χ0) is 62.1. The summed E-state index contributed by atoms with van der Waals surface area (Å²) in [5, 5.41) is 0. The Morgan fingerprint density at radius 2 is 0.529 bits per heavy atom. The molecular weight excluding hydrogens is 1100 g/mol. The minimum absolute atomic E-state index is 0. The first-order valence-corrected chi connectivity index (χ1v) is 39.2. The maximum Gasteiger partial charge on any atom is 2.00 e. The van der Waals surface area contributed by atoms with Crippen LogP contribution in [0.4, 0.5) is 0 Å². The molecule has 87 heavy (non-hydrogen) atoms. The smallest absolute Gasteiger partial charge is 0.493 e. The third-order valence-electron chi connectivity index (χ3n) is 18.6. The molecule has 3 heteroatoms. The topological polar surface area (TPSA) is 25.3 Å². The summed E-state index contributed by atoms with van der Waals surface area (Å²) in [4.78, 5) is 0. The molecular formula is C84H150N2Ni. The van der Waals surface area contributed by atoms with Crippen molar-refractivity contribution in [2.75, 3.05) is 0 Å². The molecule has 3 rings (SSSR count). The third-order valence-corrected chi connectivity index (χ3v) is 18.6. The maximum atomic E-state index is 11.4. The molecule has 1 aliphatic rings. The van der Waals surface area contributed by atoms with E-state index in [0.717, 1.165) is 54.6 Å². The molecule has 0 saturated heterocycles. The number of aryl methyl sites for hydroxylation is 2. The second kappa shape index (κ2) is 68.4. The van der Waals surface area contributed by atoms with Gasteiger partial charge >= 0.3 is 16.5 Å². The van der Waals surface area contributed by atoms with Crippen molar-refractivity contribution in [2.24, 2.45) is 0 Å². The summed E-state index contributed by atoms with van der Waals surface area (Å²) < 4.78 is 1.46. The second-order valence-electron chi connectivity index (χ2n) is 27.1. The molecule has 1 aliphatic heterocycles. The molecule has 0 atom stereocenters. The van der Waals surface area contributed by atoms with Crippen LogP contribution in [0.25, 0.3) is 16.9 Å². The van der Waals surface area contributed by atoms with Crippen LogP contribution in [0.5, 0.6) is 0 Å². The van der Waals surface area contributed by atoms with Crippen LogP contribution in [0.3, 0.4) is 0 Å². The van der Waals surface area contributed by atoms with Crippen molar-refractivity contribution in [1.29, 1.82) is 0 Å². The predicted molar refractivity (Wildman–Crippen MR) is 390 cm³/mol. The van der Waals surface area contributed by atoms with E-state index in [1.54, 1.807) is 0 Å². The van der Waals surface area contributed by atoms with Crippen LogP contribution < -0.4 is 0 Å². The molecule has 2 aromatic carbocycles. The Balaban J connectivity index is 0.00000129. The minimum atomic E-state index is 0. The van der Waals surface area contributed by atoms with Gasteiger partial charge in [-0.15, -0.1) is 0 Å². The van der Waals surface area contributed by atoms with Gasteiger partial charge in [-0.25, -0.2) is 4.70 Å². The number of hydrogen-bond donors (Lipinski definition) is 0. The summed E-state index contributed by atoms with van der Waals surface area (Å²) >= 11 is 0. The van der Waals surface area contributed by atoms with Crippen LogP contribution in [-0.2, 0) is 29.3 Å². The molecule has 1 heterocycles. The number of allylic oxidation sites excluding steroid dienone is 2. The van der Waals surface area contributed by atoms with Crippen molar-refractivity contribution >= 4 is 11.4 Å². The number of hydrogen-bond acceptors (Lipinski definition) is 0. The van der Waals surface area contributed by atoms with Crippen molar-refractivity contribution in [1.82, 2.24) is 0 Å². The molecule has 0 spiro atoms. The van der Waals surface area contributed by atoms with Gasteiger partial charge in [0.2, 0.25) is 11.4 Å². The van der Waals surface area contributed by atoms with E-state index in [4.69, 9.17) is 0 Å². The summed E-state index contributed by atoms with van der Waals surface area (Å²) in [5.41, 5.74) is 19.5. The van der Waals surface area contributed by atoms with E-state index in [2.05, 4.69) is 103 Å². The fourth-order valence-corrected chi connectivity index (χ4v) is 12.8. The van der Waals surface area contributed by atoms with Gasteiger partial charge < -0.3 is 19.4 Å². The predicted octanol–water partition coefficient (Wildman–Crippen LogP) is 30.3. The molecule has 0 N–H and O–H groups in total. The van der Waals surface area contributed by atoms with Gasteiger partial charge in [-0.1, -0.05) is 399 Å². The molecule has 0 saturated carbocycles. The van der Waals surface area contributed by atoms with Crippen molar-refractivity contribution in [3.63, 3.8) is 0 Å². The van der Waals surface area contributed by atoms with Crippen LogP contribution in [0, 0.1) is 13.8 Å². The van der Waals surface area contributed by atoms with E-state index >= 15 is 0 Å². The summed E-state index contributed by atoms with van der Waals surface area (Å²) in [5.74, 6) is 0. The normalized spacial score (nSPS) is 12.1. The SMILES string of the molecule is CCCCCCCCC1=C(c2cccc(CCCC)c2)[N+](=[N-])C(c2cccc(CCCC)c2)=C1.[CH2-]CCCCCCCCCCCCCCCCCCCCCCCCC.[CH2-]CCCCCCCCCCCCCCCCCCCCCCCCC.[Ni+2]. The molecule has 0 aliphatic carbocycles. The molecule has 0 radical (unpaired) electrons. The van der Waals surface area contributed by atoms with Crippen LogP contribution in [0.15, 0.2) is 60.2 Å². The van der Waals surface area contributed by atoms with Gasteiger partial charge in [0.15, 0.2) is 0 Å². The Labute approximate surface area is 557 Å². The second-order valence-corrected chi connectivity index (χ2v) is 27.1. The monoisotopic (exact) mass is 1250 g/mol. The van der Waals surface area contributed by atoms with E-state index in [1.165, 1.54) is 381 Å². The van der Waals surface area contributed by atoms with E-state index in [0.29, 0.717) is 0 Å². The number of benzene rings is 2. The molecule has 506 valence electrons. The van der Waals surface area contributed by atoms with Gasteiger partial charge in [0.25, 0.3) is 0 Å². The number of nitrogens with zero attached hydrogens (tertiary/aromatic N) is 2. The first kappa shape index (κ1) is 85.0. The van der Waals surface area contributed by atoms with Crippen molar-refractivity contribution in [3.8, 4) is 0 Å². The molecule has 2 nitrogen and oxygen atoms in total. The van der Waals surface area contributed by atoms with E-state index in [1.807, 2.05) is 0 Å². The van der Waals surface area contributed by atoms with Gasteiger partial charge in [0.1, 0.15) is 0 Å². The first-order valence-electron chi connectivity index (χ1n) is 39.2. The molecule has 0 aromatic heterocycles. The van der Waals surface area contributed by atoms with Gasteiger partial charge in [-0.2, -0.15) is 12.8 Å². The fraction of sp³-hybridized carbons (Fsp3) is 0.786. The van der Waals surface area contributed by atoms with Crippen LogP contribution in [-0.4, -0.2) is 4.70 Å². The van der Waals surface area contributed by atoms with Crippen molar-refractivity contribution in [2.45, 2.75) is 426 Å². The fourth-order valence-electron chi connectivity index (χ4n) is 12.8. The van der Waals surface area contributed by atoms with Gasteiger partial charge in [0, 0.05) is 22.8 Å². The van der Waals surface area contributed by atoms with E-state index in [-0.39, 0.29) is 16.5 Å². The largest absolute Gasteiger partial charge is 2.00 e. The Morgan fingerprint density at radius 1 is 0.287 bits per heavy atom. The van der Waals surface area contributed by atoms with Crippen LogP contribution in [0.1, 0.15) is 436 Å². The Hall–Kier alpha value is -1.99. The van der Waals surface area contributed by atoms with E-state index < -0.39 is 0 Å². The average molecular weight is 1250 g/mol. The van der Waals surface area contributed by atoms with Gasteiger partial charge in [0.05, 0.1) is 0 Å². The molecule has 0 fully saturated rings. The Bertz CT molecular complexity index is 1690. The number of unbranched alkanes of at least 4 members (excludes halogenated alkanes) is 53. The van der Waals surface area contributed by atoms with Crippen molar-refractivity contribution < 1.29 is 21.2 Å². The number of rotatable bonds is 61. The van der Waals surface area contributed by atoms with Crippen molar-refractivity contribution in [3.05, 3.63) is 102 Å². The summed E-state index contributed by atoms with van der Waals surface area (Å²) in [6.45, 7) is 19.2. The average Bonchev–Trinajstić information content (AvgIpc) is 2.23. The standard InChI is InChI=1S/C32H44N2.2C26H53.Ni/c1-4-7-10-11-12-13-20-30-25-31(28-21-14-18-26(23-28)16-8-5-2)34(33)32(30)29-22-15-19-27(24-29)17-9-6-3;2*1-3-5-7-9-11-13-15-17-19-21-23-25-26-24-22-20-18-16-14-12-10-8-6-4-2;/h14-15,18-19,21-25H,4-13,16-17,20H2,1-3H3;2*1,3-26H2,2H3;/q;2*-1;+2. The minimum Gasteiger partial charge on any atom is -0.493 e. The summed E-state index contributed by atoms with van der Waals surface area (Å²) in [6.07, 6.45) is 87.5. The quantitative estimate of drug-likeness (QED) is 0.0273. The molecule has 0 unspecified atom stereocenters. The Morgan fingerprint density at radius 3 is 0.805 bits per heavy atom. The summed E-state index contributed by atoms with van der Waals surface area (Å²) in [6, 6.07) is 17.5. The van der Waals surface area contributed by atoms with Crippen LogP contribution in [0.2, 0.25) is 0 Å². The van der Waals surface area contributed by atoms with Gasteiger partial charge in [-0.3, -0.25) is 0 Å². The van der Waals surface area contributed by atoms with Crippen LogP contribution >= 0.6 is 0 Å². The van der Waals surface area contributed by atoms with Gasteiger partial charge in [-0.05, 0) is 73.9 Å².